The molecule has 1 aliphatic carbocycles. The molecule has 2 aliphatic heterocycles. The fourth-order valence-electron chi connectivity index (χ4n) is 5.30. The van der Waals surface area contributed by atoms with Gasteiger partial charge in [0.05, 0.1) is 28.1 Å². The highest BCUT2D eigenvalue weighted by molar-refractivity contribution is 7.89. The van der Waals surface area contributed by atoms with Crippen LogP contribution in [0.4, 0.5) is 0 Å². The number of hydrogen-bond acceptors (Lipinski definition) is 6. The summed E-state index contributed by atoms with van der Waals surface area (Å²) in [6, 6.07) is 14.5. The Hall–Kier alpha value is -3.34. The number of ether oxygens (including phenoxy) is 1. The first kappa shape index (κ1) is 24.0. The van der Waals surface area contributed by atoms with E-state index >= 15 is 0 Å². The van der Waals surface area contributed by atoms with Gasteiger partial charge >= 0.3 is 0 Å². The second-order valence-electron chi connectivity index (χ2n) is 10.1. The van der Waals surface area contributed by atoms with Crippen LogP contribution >= 0.6 is 0 Å². The first-order valence-corrected chi connectivity index (χ1v) is 13.9. The molecule has 3 aromatic rings. The molecule has 0 bridgehead atoms. The number of piperidine rings is 1. The van der Waals surface area contributed by atoms with Gasteiger partial charge in [0.25, 0.3) is 0 Å². The summed E-state index contributed by atoms with van der Waals surface area (Å²) in [7, 11) is -3.65. The minimum atomic E-state index is -3.65. The molecule has 1 spiro atoms. The Bertz CT molecular complexity index is 1490. The van der Waals surface area contributed by atoms with E-state index in [4.69, 9.17) is 10.5 Å². The van der Waals surface area contributed by atoms with Crippen molar-refractivity contribution in [3.8, 4) is 11.1 Å². The molecule has 3 aliphatic rings. The largest absolute Gasteiger partial charge is 0.366 e. The van der Waals surface area contributed by atoms with Crippen molar-refractivity contribution >= 4 is 32.7 Å². The molecule has 2 aromatic carbocycles. The Kier molecular flexibility index (Phi) is 5.78. The van der Waals surface area contributed by atoms with E-state index in [2.05, 4.69) is 4.98 Å². The number of fused-ring (bicyclic) bond motifs is 1. The first-order chi connectivity index (χ1) is 17.7. The number of nitrogens with two attached hydrogens (primary N) is 1. The van der Waals surface area contributed by atoms with E-state index in [9.17, 15) is 18.0 Å². The summed E-state index contributed by atoms with van der Waals surface area (Å²) in [6.45, 7) is 1.37. The Morgan fingerprint density at radius 1 is 1.03 bits per heavy atom. The van der Waals surface area contributed by atoms with E-state index in [0.29, 0.717) is 49.6 Å². The van der Waals surface area contributed by atoms with Gasteiger partial charge in [0, 0.05) is 30.7 Å². The van der Waals surface area contributed by atoms with Crippen LogP contribution < -0.4 is 5.73 Å². The van der Waals surface area contributed by atoms with Crippen molar-refractivity contribution in [2.75, 3.05) is 26.2 Å². The number of sulfonamides is 1. The summed E-state index contributed by atoms with van der Waals surface area (Å²) < 4.78 is 34.2. The van der Waals surface area contributed by atoms with Gasteiger partial charge in [0.1, 0.15) is 6.61 Å². The van der Waals surface area contributed by atoms with Crippen molar-refractivity contribution in [1.82, 2.24) is 14.2 Å². The maximum absolute atomic E-state index is 13.4. The zero-order chi connectivity index (χ0) is 25.8. The monoisotopic (exact) mass is 520 g/mol. The summed E-state index contributed by atoms with van der Waals surface area (Å²) in [5.41, 5.74) is 7.70. The number of primary amides is 1. The third-order valence-electron chi connectivity index (χ3n) is 7.70. The molecule has 9 nitrogen and oxygen atoms in total. The maximum Gasteiger partial charge on any atom is 0.250 e. The second kappa shape index (κ2) is 8.90. The molecular weight excluding hydrogens is 492 g/mol. The van der Waals surface area contributed by atoms with Gasteiger partial charge in [-0.2, -0.15) is 4.31 Å². The molecule has 0 atom stereocenters. The van der Waals surface area contributed by atoms with Gasteiger partial charge in [-0.05, 0) is 61.1 Å². The molecular formula is C27H28N4O5S. The van der Waals surface area contributed by atoms with Crippen molar-refractivity contribution in [3.63, 3.8) is 0 Å². The molecule has 3 heterocycles. The number of hydrogen-bond donors (Lipinski definition) is 1. The average Bonchev–Trinajstić information content (AvgIpc) is 3.75. The zero-order valence-corrected chi connectivity index (χ0v) is 21.1. The minimum absolute atomic E-state index is 0.0425. The van der Waals surface area contributed by atoms with E-state index in [1.165, 1.54) is 10.5 Å². The van der Waals surface area contributed by atoms with Gasteiger partial charge in [-0.3, -0.25) is 14.6 Å². The molecule has 2 amide bonds. The number of benzene rings is 2. The van der Waals surface area contributed by atoms with Crippen molar-refractivity contribution in [2.24, 2.45) is 5.73 Å². The van der Waals surface area contributed by atoms with Crippen LogP contribution in [0.5, 0.6) is 0 Å². The quantitative estimate of drug-likeness (QED) is 0.552. The zero-order valence-electron chi connectivity index (χ0n) is 20.3. The number of nitrogens with zero attached hydrogens (tertiary/aromatic N) is 3. The number of aromatic nitrogens is 1. The Balaban J connectivity index is 1.16. The molecule has 6 rings (SSSR count). The molecule has 10 heteroatoms. The standard InChI is InChI=1S/C27H28N4O5S/c28-26(33)21-13-20-2-1-19(14-24(20)29-15-21)18-3-7-23(8-4-18)37(34,35)30-11-9-27(10-12-30)17-31(22-5-6-22)25(32)16-36-27/h1-4,7-8,13-15,22H,5-6,9-12,16-17H2,(H2,28,33). The van der Waals surface area contributed by atoms with Gasteiger partial charge in [0.2, 0.25) is 21.8 Å². The predicted octanol–water partition coefficient (Wildman–Crippen LogP) is 2.55. The van der Waals surface area contributed by atoms with Crippen LogP contribution in [0, 0.1) is 0 Å². The Morgan fingerprint density at radius 2 is 1.73 bits per heavy atom. The third-order valence-corrected chi connectivity index (χ3v) is 9.61. The highest BCUT2D eigenvalue weighted by Gasteiger charge is 2.47. The molecule has 3 fully saturated rings. The lowest BCUT2D eigenvalue weighted by Gasteiger charge is -2.46. The lowest BCUT2D eigenvalue weighted by Crippen LogP contribution is -2.59. The van der Waals surface area contributed by atoms with Crippen LogP contribution in [-0.2, 0) is 19.6 Å². The topological polar surface area (TPSA) is 123 Å². The van der Waals surface area contributed by atoms with Crippen LogP contribution in [0.2, 0.25) is 0 Å². The lowest BCUT2D eigenvalue weighted by atomic mass is 9.90. The number of carbonyl (C=O) groups is 2. The SMILES string of the molecule is NC(=O)c1cnc2cc(-c3ccc(S(=O)(=O)N4CCC5(CC4)CN(C4CC4)C(=O)CO5)cc3)ccc2c1. The summed E-state index contributed by atoms with van der Waals surface area (Å²) in [5, 5.41) is 0.800. The van der Waals surface area contributed by atoms with Crippen LogP contribution in [-0.4, -0.2) is 72.3 Å². The predicted molar refractivity (Wildman–Crippen MR) is 137 cm³/mol. The number of amides is 2. The highest BCUT2D eigenvalue weighted by Crippen LogP contribution is 2.37. The molecule has 0 radical (unpaired) electrons. The van der Waals surface area contributed by atoms with Gasteiger partial charge < -0.3 is 15.4 Å². The van der Waals surface area contributed by atoms with E-state index in [-0.39, 0.29) is 17.4 Å². The summed E-state index contributed by atoms with van der Waals surface area (Å²) in [4.78, 5) is 30.1. The van der Waals surface area contributed by atoms with E-state index in [1.807, 2.05) is 23.1 Å². The van der Waals surface area contributed by atoms with Crippen molar-refractivity contribution in [2.45, 2.75) is 42.2 Å². The van der Waals surface area contributed by atoms with Gasteiger partial charge in [-0.25, -0.2) is 8.42 Å². The van der Waals surface area contributed by atoms with E-state index in [0.717, 1.165) is 29.4 Å². The molecule has 192 valence electrons. The van der Waals surface area contributed by atoms with E-state index in [1.54, 1.807) is 30.3 Å². The Labute approximate surface area is 215 Å². The Morgan fingerprint density at radius 3 is 2.41 bits per heavy atom. The summed E-state index contributed by atoms with van der Waals surface area (Å²) in [5.74, 6) is -0.485. The molecule has 0 unspecified atom stereocenters. The van der Waals surface area contributed by atoms with Gasteiger partial charge in [-0.15, -0.1) is 0 Å². The highest BCUT2D eigenvalue weighted by atomic mass is 32.2. The fourth-order valence-corrected chi connectivity index (χ4v) is 6.74. The number of pyridine rings is 1. The van der Waals surface area contributed by atoms with Crippen LogP contribution in [0.3, 0.4) is 0 Å². The van der Waals surface area contributed by atoms with Gasteiger partial charge in [-0.1, -0.05) is 24.3 Å². The molecule has 2 N–H and O–H groups in total. The smallest absolute Gasteiger partial charge is 0.250 e. The summed E-state index contributed by atoms with van der Waals surface area (Å²) >= 11 is 0. The number of rotatable bonds is 5. The van der Waals surface area contributed by atoms with Crippen LogP contribution in [0.1, 0.15) is 36.0 Å². The molecule has 2 saturated heterocycles. The van der Waals surface area contributed by atoms with Crippen LogP contribution in [0.15, 0.2) is 59.6 Å². The maximum atomic E-state index is 13.4. The fraction of sp³-hybridized carbons (Fsp3) is 0.370. The summed E-state index contributed by atoms with van der Waals surface area (Å²) in [6.07, 6.45) is 4.69. The van der Waals surface area contributed by atoms with Crippen molar-refractivity contribution < 1.29 is 22.7 Å². The van der Waals surface area contributed by atoms with Crippen molar-refractivity contribution in [3.05, 3.63) is 60.3 Å². The normalized spacial score (nSPS) is 20.4. The lowest BCUT2D eigenvalue weighted by molar-refractivity contribution is -0.170. The molecule has 1 aromatic heterocycles. The number of morpholine rings is 1. The van der Waals surface area contributed by atoms with Gasteiger partial charge in [0.15, 0.2) is 0 Å². The van der Waals surface area contributed by atoms with E-state index < -0.39 is 21.5 Å². The second-order valence-corrected chi connectivity index (χ2v) is 12.1. The minimum Gasteiger partial charge on any atom is -0.366 e. The van der Waals surface area contributed by atoms with Crippen molar-refractivity contribution in [1.29, 1.82) is 0 Å². The average molecular weight is 521 g/mol. The molecule has 37 heavy (non-hydrogen) atoms. The first-order valence-electron chi connectivity index (χ1n) is 12.5. The number of carbonyl (C=O) groups excluding carboxylic acids is 2. The van der Waals surface area contributed by atoms with Crippen LogP contribution in [0.25, 0.3) is 22.0 Å². The third kappa shape index (κ3) is 4.49. The molecule has 1 saturated carbocycles.